The Hall–Kier alpha value is -2.49. The second kappa shape index (κ2) is 10.9. The molecule has 0 saturated carbocycles. The number of para-hydroxylation sites is 1. The number of nitrogens with one attached hydrogen (secondary N) is 1. The van der Waals surface area contributed by atoms with Crippen molar-refractivity contribution in [1.29, 1.82) is 5.41 Å². The minimum atomic E-state index is 0. The Morgan fingerprint density at radius 1 is 0.750 bits per heavy atom. The number of imidazole rings is 1. The largest absolute Gasteiger partial charge is 0.310 e. The van der Waals surface area contributed by atoms with Gasteiger partial charge in [-0.25, -0.2) is 0 Å². The molecule has 0 atom stereocenters. The predicted molar refractivity (Wildman–Crippen MR) is 137 cm³/mol. The average molecular weight is 468 g/mol. The summed E-state index contributed by atoms with van der Waals surface area (Å²) in [6.45, 7) is 5.86. The molecule has 0 spiro atoms. The van der Waals surface area contributed by atoms with Crippen LogP contribution in [0.1, 0.15) is 35.1 Å². The van der Waals surface area contributed by atoms with Crippen LogP contribution >= 0.6 is 24.0 Å². The molecule has 0 aliphatic carbocycles. The fourth-order valence-electron chi connectivity index (χ4n) is 4.42. The summed E-state index contributed by atoms with van der Waals surface area (Å²) in [7, 11) is 0. The number of fused-ring (bicyclic) bond motifs is 1. The highest BCUT2D eigenvalue weighted by molar-refractivity contribution is 6.35. The van der Waals surface area contributed by atoms with Gasteiger partial charge >= 0.3 is 0 Å². The summed E-state index contributed by atoms with van der Waals surface area (Å²) in [6.07, 6.45) is 3.98. The Bertz CT molecular complexity index is 1250. The number of hydrogen-bond donors (Lipinski definition) is 1. The highest BCUT2D eigenvalue weighted by Gasteiger charge is 2.13. The van der Waals surface area contributed by atoms with Gasteiger partial charge < -0.3 is 9.13 Å². The predicted octanol–water partition coefficient (Wildman–Crippen LogP) is 6.88. The fourth-order valence-corrected chi connectivity index (χ4v) is 4.69. The fraction of sp³-hybridized carbons (Fsp3) is 0.296. The maximum absolute atomic E-state index is 8.87. The van der Waals surface area contributed by atoms with E-state index in [-0.39, 0.29) is 12.4 Å². The highest BCUT2D eigenvalue weighted by atomic mass is 35.5. The van der Waals surface area contributed by atoms with Gasteiger partial charge in [0.1, 0.15) is 0 Å². The van der Waals surface area contributed by atoms with Gasteiger partial charge in [0.15, 0.2) is 0 Å². The monoisotopic (exact) mass is 467 g/mol. The van der Waals surface area contributed by atoms with Gasteiger partial charge in [0.05, 0.1) is 16.1 Å². The molecule has 4 rings (SSSR count). The molecule has 0 fully saturated rings. The van der Waals surface area contributed by atoms with Gasteiger partial charge in [-0.15, -0.1) is 12.4 Å². The van der Waals surface area contributed by atoms with Crippen molar-refractivity contribution in [1.82, 2.24) is 9.13 Å². The lowest BCUT2D eigenvalue weighted by atomic mass is 10.1. The van der Waals surface area contributed by atoms with Crippen LogP contribution < -0.4 is 5.62 Å². The molecule has 3 aromatic carbocycles. The molecule has 0 aliphatic rings. The van der Waals surface area contributed by atoms with Crippen LogP contribution in [0.4, 0.5) is 0 Å². The SMILES string of the molecule is Cc1cccc(CCCn2c(=N)n(CCCc3cccc(C)c3)c3c(Cl)cccc32)c1.Cl. The summed E-state index contributed by atoms with van der Waals surface area (Å²) in [5, 5.41) is 9.59. The zero-order valence-electron chi connectivity index (χ0n) is 18.8. The second-order valence-corrected chi connectivity index (χ2v) is 8.83. The second-order valence-electron chi connectivity index (χ2n) is 8.42. The van der Waals surface area contributed by atoms with Gasteiger partial charge in [-0.3, -0.25) is 5.41 Å². The van der Waals surface area contributed by atoms with E-state index in [2.05, 4.69) is 77.6 Å². The summed E-state index contributed by atoms with van der Waals surface area (Å²) in [5.41, 5.74) is 7.86. The number of rotatable bonds is 8. The van der Waals surface area contributed by atoms with E-state index in [1.165, 1.54) is 22.3 Å². The van der Waals surface area contributed by atoms with Crippen LogP contribution in [-0.2, 0) is 25.9 Å². The molecule has 1 aromatic heterocycles. The van der Waals surface area contributed by atoms with Crippen molar-refractivity contribution in [3.8, 4) is 0 Å². The first-order chi connectivity index (χ1) is 15.0. The third-order valence-corrected chi connectivity index (χ3v) is 6.20. The molecule has 3 nitrogen and oxygen atoms in total. The maximum Gasteiger partial charge on any atom is 0.203 e. The van der Waals surface area contributed by atoms with Crippen LogP contribution in [-0.4, -0.2) is 9.13 Å². The number of nitrogens with zero attached hydrogens (tertiary/aromatic N) is 2. The Kier molecular flexibility index (Phi) is 8.22. The lowest BCUT2D eigenvalue weighted by Gasteiger charge is -2.07. The van der Waals surface area contributed by atoms with Crippen LogP contribution in [0.2, 0.25) is 5.02 Å². The first kappa shape index (κ1) is 24.2. The standard InChI is InChI=1S/C27H30ClN3.ClH/c1-20-8-3-10-22(18-20)12-6-16-30-25-15-5-14-24(28)26(25)31(27(30)29)17-7-13-23-11-4-9-21(2)19-23;/h3-5,8-11,14-15,18-19,29H,6-7,12-13,16-17H2,1-2H3;1H. The zero-order chi connectivity index (χ0) is 21.8. The Morgan fingerprint density at radius 3 is 1.84 bits per heavy atom. The van der Waals surface area contributed by atoms with E-state index in [0.29, 0.717) is 5.62 Å². The van der Waals surface area contributed by atoms with E-state index in [0.717, 1.165) is 54.8 Å². The van der Waals surface area contributed by atoms with Crippen LogP contribution in [0.5, 0.6) is 0 Å². The molecule has 168 valence electrons. The van der Waals surface area contributed by atoms with Gasteiger partial charge in [-0.05, 0) is 62.8 Å². The van der Waals surface area contributed by atoms with Gasteiger partial charge in [0.2, 0.25) is 5.62 Å². The number of halogens is 2. The Morgan fingerprint density at radius 2 is 1.28 bits per heavy atom. The topological polar surface area (TPSA) is 33.7 Å². The molecule has 0 aliphatic heterocycles. The third kappa shape index (κ3) is 5.46. The third-order valence-electron chi connectivity index (χ3n) is 5.90. The molecule has 0 radical (unpaired) electrons. The van der Waals surface area contributed by atoms with Crippen molar-refractivity contribution < 1.29 is 0 Å². The molecular formula is C27H31Cl2N3. The first-order valence-corrected chi connectivity index (χ1v) is 11.4. The maximum atomic E-state index is 8.87. The van der Waals surface area contributed by atoms with Crippen molar-refractivity contribution in [3.63, 3.8) is 0 Å². The van der Waals surface area contributed by atoms with Crippen LogP contribution in [0.25, 0.3) is 11.0 Å². The summed E-state index contributed by atoms with van der Waals surface area (Å²) in [5.74, 6) is 0. The van der Waals surface area contributed by atoms with E-state index in [4.69, 9.17) is 17.0 Å². The molecule has 0 unspecified atom stereocenters. The Balaban J connectivity index is 0.00000289. The molecule has 0 bridgehead atoms. The van der Waals surface area contributed by atoms with Crippen LogP contribution in [0.15, 0.2) is 66.7 Å². The molecule has 0 amide bonds. The van der Waals surface area contributed by atoms with E-state index in [1.807, 2.05) is 12.1 Å². The van der Waals surface area contributed by atoms with Crippen molar-refractivity contribution >= 4 is 35.0 Å². The van der Waals surface area contributed by atoms with E-state index < -0.39 is 0 Å². The molecule has 1 heterocycles. The Labute approximate surface area is 201 Å². The van der Waals surface area contributed by atoms with Crippen LogP contribution in [0, 0.1) is 19.3 Å². The molecule has 1 N–H and O–H groups in total. The van der Waals surface area contributed by atoms with E-state index in [1.54, 1.807) is 0 Å². The highest BCUT2D eigenvalue weighted by Crippen LogP contribution is 2.23. The van der Waals surface area contributed by atoms with Gasteiger partial charge in [-0.1, -0.05) is 77.3 Å². The lowest BCUT2D eigenvalue weighted by molar-refractivity contribution is 0.561. The first-order valence-electron chi connectivity index (χ1n) is 11.1. The number of aromatic nitrogens is 2. The molecule has 4 aromatic rings. The van der Waals surface area contributed by atoms with E-state index >= 15 is 0 Å². The smallest absolute Gasteiger partial charge is 0.203 e. The quantitative estimate of drug-likeness (QED) is 0.293. The zero-order valence-corrected chi connectivity index (χ0v) is 20.3. The van der Waals surface area contributed by atoms with Gasteiger partial charge in [0, 0.05) is 13.1 Å². The lowest BCUT2D eigenvalue weighted by Crippen LogP contribution is -2.25. The summed E-state index contributed by atoms with van der Waals surface area (Å²) >= 11 is 6.59. The number of aryl methyl sites for hydroxylation is 6. The summed E-state index contributed by atoms with van der Waals surface area (Å²) < 4.78 is 4.20. The van der Waals surface area contributed by atoms with E-state index in [9.17, 15) is 0 Å². The molecule has 0 saturated heterocycles. The molecule has 5 heteroatoms. The van der Waals surface area contributed by atoms with Crippen molar-refractivity contribution in [2.24, 2.45) is 0 Å². The molecule has 32 heavy (non-hydrogen) atoms. The minimum absolute atomic E-state index is 0. The average Bonchev–Trinajstić information content (AvgIpc) is 3.01. The minimum Gasteiger partial charge on any atom is -0.310 e. The number of benzene rings is 3. The van der Waals surface area contributed by atoms with Gasteiger partial charge in [0.25, 0.3) is 0 Å². The van der Waals surface area contributed by atoms with Crippen LogP contribution in [0.3, 0.4) is 0 Å². The van der Waals surface area contributed by atoms with Crippen molar-refractivity contribution in [3.05, 3.63) is 99.6 Å². The summed E-state index contributed by atoms with van der Waals surface area (Å²) in [6, 6.07) is 23.4. The van der Waals surface area contributed by atoms with Gasteiger partial charge in [-0.2, -0.15) is 0 Å². The molecular weight excluding hydrogens is 437 g/mol. The van der Waals surface area contributed by atoms with Crippen molar-refractivity contribution in [2.75, 3.05) is 0 Å². The normalized spacial score (nSPS) is 11.0. The summed E-state index contributed by atoms with van der Waals surface area (Å²) in [4.78, 5) is 0. The number of hydrogen-bond acceptors (Lipinski definition) is 1. The van der Waals surface area contributed by atoms with Crippen molar-refractivity contribution in [2.45, 2.75) is 52.6 Å².